The highest BCUT2D eigenvalue weighted by atomic mass is 16.7. The zero-order valence-corrected chi connectivity index (χ0v) is 12.4. The van der Waals surface area contributed by atoms with E-state index in [4.69, 9.17) is 19.5 Å². The second-order valence-electron chi connectivity index (χ2n) is 4.96. The molecule has 2 aromatic carbocycles. The van der Waals surface area contributed by atoms with Crippen molar-refractivity contribution < 1.29 is 19.0 Å². The van der Waals surface area contributed by atoms with E-state index >= 15 is 0 Å². The molecule has 0 spiro atoms. The quantitative estimate of drug-likeness (QED) is 0.939. The van der Waals surface area contributed by atoms with Crippen molar-refractivity contribution in [3.8, 4) is 23.3 Å². The molecule has 0 fully saturated rings. The maximum atomic E-state index is 12.2. The molecule has 0 bridgehead atoms. The molecule has 1 atom stereocenters. The first kappa shape index (κ1) is 14.7. The van der Waals surface area contributed by atoms with Crippen LogP contribution in [0.4, 0.5) is 5.69 Å². The fraction of sp³-hybridized carbons (Fsp3) is 0.176. The van der Waals surface area contributed by atoms with Crippen molar-refractivity contribution in [3.05, 3.63) is 48.0 Å². The number of hydrogen-bond acceptors (Lipinski definition) is 5. The van der Waals surface area contributed by atoms with E-state index in [0.29, 0.717) is 28.5 Å². The van der Waals surface area contributed by atoms with E-state index in [1.165, 1.54) is 0 Å². The largest absolute Gasteiger partial charge is 0.481 e. The van der Waals surface area contributed by atoms with E-state index in [1.807, 2.05) is 6.07 Å². The van der Waals surface area contributed by atoms with Crippen LogP contribution in [0.25, 0.3) is 0 Å². The van der Waals surface area contributed by atoms with Gasteiger partial charge in [0.15, 0.2) is 17.6 Å². The van der Waals surface area contributed by atoms with Crippen molar-refractivity contribution in [1.29, 1.82) is 5.26 Å². The maximum absolute atomic E-state index is 12.2. The van der Waals surface area contributed by atoms with Crippen LogP contribution in [-0.2, 0) is 4.79 Å². The molecular formula is C17H14N2O4. The van der Waals surface area contributed by atoms with Gasteiger partial charge < -0.3 is 19.5 Å². The number of nitriles is 1. The van der Waals surface area contributed by atoms with Crippen molar-refractivity contribution in [1.82, 2.24) is 0 Å². The summed E-state index contributed by atoms with van der Waals surface area (Å²) in [6, 6.07) is 13.9. The summed E-state index contributed by atoms with van der Waals surface area (Å²) in [6.45, 7) is 1.83. The number of anilines is 1. The van der Waals surface area contributed by atoms with Gasteiger partial charge in [-0.25, -0.2) is 0 Å². The Morgan fingerprint density at radius 1 is 1.26 bits per heavy atom. The lowest BCUT2D eigenvalue weighted by Gasteiger charge is -2.15. The molecule has 0 aromatic heterocycles. The number of ether oxygens (including phenoxy) is 3. The van der Waals surface area contributed by atoms with Crippen LogP contribution in [0.5, 0.6) is 17.2 Å². The first-order valence-electron chi connectivity index (χ1n) is 7.03. The van der Waals surface area contributed by atoms with Gasteiger partial charge in [-0.05, 0) is 37.3 Å². The number of benzene rings is 2. The van der Waals surface area contributed by atoms with Gasteiger partial charge >= 0.3 is 0 Å². The highest BCUT2D eigenvalue weighted by molar-refractivity contribution is 5.94. The Hall–Kier alpha value is -3.20. The predicted octanol–water partition coefficient (Wildman–Crippen LogP) is 2.69. The Labute approximate surface area is 133 Å². The number of amides is 1. The molecule has 6 nitrogen and oxygen atoms in total. The van der Waals surface area contributed by atoms with Gasteiger partial charge in [-0.2, -0.15) is 5.26 Å². The average molecular weight is 310 g/mol. The van der Waals surface area contributed by atoms with Crippen LogP contribution >= 0.6 is 0 Å². The molecule has 1 aliphatic rings. The summed E-state index contributed by atoms with van der Waals surface area (Å²) < 4.78 is 16.1. The van der Waals surface area contributed by atoms with Crippen LogP contribution < -0.4 is 19.5 Å². The third-order valence-electron chi connectivity index (χ3n) is 3.29. The van der Waals surface area contributed by atoms with Crippen LogP contribution in [-0.4, -0.2) is 18.8 Å². The van der Waals surface area contributed by atoms with E-state index in [0.717, 1.165) is 0 Å². The maximum Gasteiger partial charge on any atom is 0.265 e. The summed E-state index contributed by atoms with van der Waals surface area (Å²) in [5, 5.41) is 11.6. The second-order valence-corrected chi connectivity index (χ2v) is 4.96. The van der Waals surface area contributed by atoms with Crippen molar-refractivity contribution >= 4 is 11.6 Å². The predicted molar refractivity (Wildman–Crippen MR) is 82.4 cm³/mol. The Kier molecular flexibility index (Phi) is 4.02. The number of rotatable bonds is 4. The van der Waals surface area contributed by atoms with Gasteiger partial charge in [-0.15, -0.1) is 0 Å². The monoisotopic (exact) mass is 310 g/mol. The zero-order chi connectivity index (χ0) is 16.2. The number of carbonyl (C=O) groups is 1. The lowest BCUT2D eigenvalue weighted by Crippen LogP contribution is -2.30. The van der Waals surface area contributed by atoms with Gasteiger partial charge in [0.25, 0.3) is 5.91 Å². The summed E-state index contributed by atoms with van der Waals surface area (Å²) in [5.74, 6) is 1.46. The third-order valence-corrected chi connectivity index (χ3v) is 3.29. The highest BCUT2D eigenvalue weighted by Gasteiger charge is 2.18. The minimum atomic E-state index is -0.707. The Balaban J connectivity index is 1.64. The van der Waals surface area contributed by atoms with Crippen LogP contribution in [0.1, 0.15) is 12.5 Å². The molecule has 1 N–H and O–H groups in total. The lowest BCUT2D eigenvalue weighted by atomic mass is 10.2. The first-order valence-corrected chi connectivity index (χ1v) is 7.03. The summed E-state index contributed by atoms with van der Waals surface area (Å²) in [6.07, 6.45) is -0.707. The SMILES string of the molecule is C[C@@H](Oc1ccc2c(c1)OCO2)C(=O)Nc1cccc(C#N)c1. The van der Waals surface area contributed by atoms with Crippen LogP contribution in [0.15, 0.2) is 42.5 Å². The van der Waals surface area contributed by atoms with Gasteiger partial charge in [-0.3, -0.25) is 4.79 Å². The summed E-state index contributed by atoms with van der Waals surface area (Å²) in [7, 11) is 0. The van der Waals surface area contributed by atoms with Crippen molar-refractivity contribution in [2.24, 2.45) is 0 Å². The molecule has 0 unspecified atom stereocenters. The molecule has 1 heterocycles. The molecular weight excluding hydrogens is 296 g/mol. The van der Waals surface area contributed by atoms with Crippen molar-refractivity contribution in [2.75, 3.05) is 12.1 Å². The summed E-state index contributed by atoms with van der Waals surface area (Å²) in [5.41, 5.74) is 1.03. The van der Waals surface area contributed by atoms with Crippen LogP contribution in [0.3, 0.4) is 0 Å². The molecule has 2 aromatic rings. The van der Waals surface area contributed by atoms with Crippen LogP contribution in [0.2, 0.25) is 0 Å². The van der Waals surface area contributed by atoms with Crippen LogP contribution in [0, 0.1) is 11.3 Å². The van der Waals surface area contributed by atoms with Gasteiger partial charge in [0.1, 0.15) is 5.75 Å². The average Bonchev–Trinajstić information content (AvgIpc) is 3.02. The molecule has 6 heteroatoms. The van der Waals surface area contributed by atoms with Gasteiger partial charge in [-0.1, -0.05) is 6.07 Å². The number of nitrogens with zero attached hydrogens (tertiary/aromatic N) is 1. The topological polar surface area (TPSA) is 80.6 Å². The van der Waals surface area contributed by atoms with Crippen molar-refractivity contribution in [2.45, 2.75) is 13.0 Å². The Morgan fingerprint density at radius 2 is 2.09 bits per heavy atom. The summed E-state index contributed by atoms with van der Waals surface area (Å²) >= 11 is 0. The molecule has 1 amide bonds. The lowest BCUT2D eigenvalue weighted by molar-refractivity contribution is -0.122. The molecule has 0 saturated heterocycles. The van der Waals surface area contributed by atoms with Gasteiger partial charge in [0, 0.05) is 11.8 Å². The van der Waals surface area contributed by atoms with Crippen molar-refractivity contribution in [3.63, 3.8) is 0 Å². The van der Waals surface area contributed by atoms with E-state index in [9.17, 15) is 4.79 Å². The Morgan fingerprint density at radius 3 is 2.91 bits per heavy atom. The fourth-order valence-corrected chi connectivity index (χ4v) is 2.12. The molecule has 116 valence electrons. The van der Waals surface area contributed by atoms with Gasteiger partial charge in [0.2, 0.25) is 6.79 Å². The minimum Gasteiger partial charge on any atom is -0.481 e. The minimum absolute atomic E-state index is 0.185. The Bertz CT molecular complexity index is 782. The standard InChI is InChI=1S/C17H14N2O4/c1-11(17(20)19-13-4-2-3-12(7-13)9-18)23-14-5-6-15-16(8-14)22-10-21-15/h2-8,11H,10H2,1H3,(H,19,20)/t11-/m1/s1. The number of hydrogen-bond donors (Lipinski definition) is 1. The number of fused-ring (bicyclic) bond motifs is 1. The van der Waals surface area contributed by atoms with Gasteiger partial charge in [0.05, 0.1) is 11.6 Å². The van der Waals surface area contributed by atoms with E-state index in [2.05, 4.69) is 5.32 Å². The van der Waals surface area contributed by atoms with E-state index in [-0.39, 0.29) is 12.7 Å². The normalized spacial score (nSPS) is 13.0. The molecule has 0 saturated carbocycles. The van der Waals surface area contributed by atoms with E-state index < -0.39 is 6.10 Å². The third kappa shape index (κ3) is 3.35. The molecule has 3 rings (SSSR count). The molecule has 0 aliphatic carbocycles. The zero-order valence-electron chi connectivity index (χ0n) is 12.4. The first-order chi connectivity index (χ1) is 11.2. The molecule has 23 heavy (non-hydrogen) atoms. The smallest absolute Gasteiger partial charge is 0.265 e. The number of carbonyl (C=O) groups excluding carboxylic acids is 1. The highest BCUT2D eigenvalue weighted by Crippen LogP contribution is 2.35. The second kappa shape index (κ2) is 6.28. The molecule has 1 aliphatic heterocycles. The fourth-order valence-electron chi connectivity index (χ4n) is 2.12. The summed E-state index contributed by atoms with van der Waals surface area (Å²) in [4.78, 5) is 12.2. The van der Waals surface area contributed by atoms with E-state index in [1.54, 1.807) is 49.4 Å². The number of nitrogens with one attached hydrogen (secondary N) is 1. The molecule has 0 radical (unpaired) electrons.